The number of thiophene rings is 1. The largest absolute Gasteiger partial charge is 0.302 e. The van der Waals surface area contributed by atoms with Crippen molar-refractivity contribution >= 4 is 28.6 Å². The molecule has 0 amide bonds. The zero-order valence-corrected chi connectivity index (χ0v) is 9.20. The SMILES string of the molecule is CCC(/C=C/SC=N)c1cccs1. The van der Waals surface area contributed by atoms with Crippen LogP contribution in [0.2, 0.25) is 0 Å². The van der Waals surface area contributed by atoms with E-state index in [2.05, 4.69) is 30.5 Å². The molecule has 0 aromatic carbocycles. The first-order valence-corrected chi connectivity index (χ1v) is 6.05. The molecule has 1 heterocycles. The molecule has 0 aliphatic heterocycles. The van der Waals surface area contributed by atoms with Gasteiger partial charge in [0.1, 0.15) is 0 Å². The van der Waals surface area contributed by atoms with E-state index in [0.717, 1.165) is 6.42 Å². The fourth-order valence-electron chi connectivity index (χ4n) is 1.11. The van der Waals surface area contributed by atoms with Crippen LogP contribution in [-0.4, -0.2) is 5.55 Å². The molecule has 13 heavy (non-hydrogen) atoms. The molecule has 0 aliphatic rings. The second-order valence-electron chi connectivity index (χ2n) is 2.61. The molecule has 70 valence electrons. The van der Waals surface area contributed by atoms with Gasteiger partial charge in [-0.2, -0.15) is 0 Å². The summed E-state index contributed by atoms with van der Waals surface area (Å²) in [6.07, 6.45) is 3.29. The highest BCUT2D eigenvalue weighted by Gasteiger charge is 2.04. The van der Waals surface area contributed by atoms with Gasteiger partial charge in [-0.1, -0.05) is 30.8 Å². The van der Waals surface area contributed by atoms with Crippen molar-refractivity contribution in [3.8, 4) is 0 Å². The predicted octanol–water partition coefficient (Wildman–Crippen LogP) is 4.10. The summed E-state index contributed by atoms with van der Waals surface area (Å²) in [4.78, 5) is 1.41. The number of nitrogens with one attached hydrogen (secondary N) is 1. The summed E-state index contributed by atoms with van der Waals surface area (Å²) in [6.45, 7) is 2.18. The van der Waals surface area contributed by atoms with Crippen LogP contribution in [0.5, 0.6) is 0 Å². The van der Waals surface area contributed by atoms with Crippen LogP contribution >= 0.6 is 23.1 Å². The Hall–Kier alpha value is -0.540. The first-order chi connectivity index (χ1) is 6.38. The molecule has 0 spiro atoms. The zero-order valence-electron chi connectivity index (χ0n) is 7.57. The molecule has 0 fully saturated rings. The highest BCUT2D eigenvalue weighted by atomic mass is 32.2. The maximum atomic E-state index is 6.87. The quantitative estimate of drug-likeness (QED) is 0.575. The molecule has 1 aromatic rings. The molecule has 0 aliphatic carbocycles. The number of rotatable bonds is 5. The molecule has 1 aromatic heterocycles. The lowest BCUT2D eigenvalue weighted by atomic mass is 10.1. The van der Waals surface area contributed by atoms with Gasteiger partial charge in [-0.15, -0.1) is 11.3 Å². The summed E-state index contributed by atoms with van der Waals surface area (Å²) in [7, 11) is 0. The van der Waals surface area contributed by atoms with Crippen molar-refractivity contribution in [1.82, 2.24) is 0 Å². The molecular formula is C10H13NS2. The van der Waals surface area contributed by atoms with Crippen molar-refractivity contribution in [3.63, 3.8) is 0 Å². The van der Waals surface area contributed by atoms with Crippen molar-refractivity contribution < 1.29 is 0 Å². The smallest absolute Gasteiger partial charge is 0.0548 e. The van der Waals surface area contributed by atoms with E-state index in [0.29, 0.717) is 5.92 Å². The molecule has 1 atom stereocenters. The Bertz CT molecular complexity index is 264. The normalized spacial score (nSPS) is 13.3. The van der Waals surface area contributed by atoms with Crippen molar-refractivity contribution in [1.29, 1.82) is 5.41 Å². The monoisotopic (exact) mass is 211 g/mol. The highest BCUT2D eigenvalue weighted by Crippen LogP contribution is 2.25. The number of hydrogen-bond acceptors (Lipinski definition) is 3. The van der Waals surface area contributed by atoms with E-state index in [1.807, 2.05) is 5.41 Å². The predicted molar refractivity (Wildman–Crippen MR) is 62.9 cm³/mol. The van der Waals surface area contributed by atoms with Gasteiger partial charge in [0.15, 0.2) is 0 Å². The van der Waals surface area contributed by atoms with E-state index in [-0.39, 0.29) is 0 Å². The van der Waals surface area contributed by atoms with Crippen LogP contribution in [0.4, 0.5) is 0 Å². The van der Waals surface area contributed by atoms with Gasteiger partial charge in [0.05, 0.1) is 5.55 Å². The van der Waals surface area contributed by atoms with Gasteiger partial charge < -0.3 is 5.41 Å². The minimum Gasteiger partial charge on any atom is -0.302 e. The first kappa shape index (κ1) is 10.5. The van der Waals surface area contributed by atoms with Gasteiger partial charge in [-0.05, 0) is 23.3 Å². The molecule has 0 radical (unpaired) electrons. The lowest BCUT2D eigenvalue weighted by Crippen LogP contribution is -1.87. The van der Waals surface area contributed by atoms with Crippen LogP contribution in [0.3, 0.4) is 0 Å². The lowest BCUT2D eigenvalue weighted by molar-refractivity contribution is 0.823. The number of hydrogen-bond donors (Lipinski definition) is 1. The molecule has 0 bridgehead atoms. The third-order valence-electron chi connectivity index (χ3n) is 1.81. The topological polar surface area (TPSA) is 23.9 Å². The van der Waals surface area contributed by atoms with E-state index in [9.17, 15) is 0 Å². The second-order valence-corrected chi connectivity index (χ2v) is 4.37. The van der Waals surface area contributed by atoms with Gasteiger partial charge in [0, 0.05) is 10.8 Å². The second kappa shape index (κ2) is 6.00. The molecule has 1 N–H and O–H groups in total. The Labute approximate surface area is 87.4 Å². The van der Waals surface area contributed by atoms with Gasteiger partial charge in [0.2, 0.25) is 0 Å². The standard InChI is InChI=1S/C10H13NS2/c1-2-9(5-7-12-8-11)10-4-3-6-13-10/h3-9,11H,2H2,1H3/b7-5+,11-8?. The Morgan fingerprint density at radius 3 is 3.08 bits per heavy atom. The van der Waals surface area contributed by atoms with E-state index in [4.69, 9.17) is 5.41 Å². The Balaban J connectivity index is 2.58. The van der Waals surface area contributed by atoms with Gasteiger partial charge in [-0.25, -0.2) is 0 Å². The molecule has 0 saturated carbocycles. The van der Waals surface area contributed by atoms with E-state index < -0.39 is 0 Å². The van der Waals surface area contributed by atoms with Crippen molar-refractivity contribution in [3.05, 3.63) is 33.9 Å². The van der Waals surface area contributed by atoms with Crippen molar-refractivity contribution in [2.45, 2.75) is 19.3 Å². The molecular weight excluding hydrogens is 198 g/mol. The molecule has 1 rings (SSSR count). The highest BCUT2D eigenvalue weighted by molar-refractivity contribution is 8.14. The van der Waals surface area contributed by atoms with Crippen LogP contribution < -0.4 is 0 Å². The Morgan fingerprint density at radius 1 is 1.69 bits per heavy atom. The van der Waals surface area contributed by atoms with Crippen molar-refractivity contribution in [2.24, 2.45) is 0 Å². The number of allylic oxidation sites excluding steroid dienone is 1. The fourth-order valence-corrected chi connectivity index (χ4v) is 2.36. The summed E-state index contributed by atoms with van der Waals surface area (Å²) in [5.41, 5.74) is 1.34. The third-order valence-corrected chi connectivity index (χ3v) is 3.26. The maximum absolute atomic E-state index is 6.87. The third kappa shape index (κ3) is 3.36. The van der Waals surface area contributed by atoms with Crippen LogP contribution in [0, 0.1) is 5.41 Å². The average molecular weight is 211 g/mol. The average Bonchev–Trinajstić information content (AvgIpc) is 2.65. The van der Waals surface area contributed by atoms with Crippen LogP contribution in [-0.2, 0) is 0 Å². The van der Waals surface area contributed by atoms with Crippen molar-refractivity contribution in [2.75, 3.05) is 0 Å². The van der Waals surface area contributed by atoms with E-state index >= 15 is 0 Å². The maximum Gasteiger partial charge on any atom is 0.0548 e. The van der Waals surface area contributed by atoms with E-state index in [1.54, 1.807) is 11.3 Å². The van der Waals surface area contributed by atoms with Crippen LogP contribution in [0.1, 0.15) is 24.1 Å². The van der Waals surface area contributed by atoms with Gasteiger partial charge in [0.25, 0.3) is 0 Å². The van der Waals surface area contributed by atoms with Crippen LogP contribution in [0.25, 0.3) is 0 Å². The molecule has 0 saturated heterocycles. The molecule has 3 heteroatoms. The summed E-state index contributed by atoms with van der Waals surface area (Å²) in [6, 6.07) is 4.25. The van der Waals surface area contributed by atoms with Crippen LogP contribution in [0.15, 0.2) is 29.0 Å². The minimum absolute atomic E-state index is 0.521. The minimum atomic E-state index is 0.521. The molecule has 1 unspecified atom stereocenters. The number of thioether (sulfide) groups is 1. The lowest BCUT2D eigenvalue weighted by Gasteiger charge is -2.05. The summed E-state index contributed by atoms with van der Waals surface area (Å²) < 4.78 is 0. The Morgan fingerprint density at radius 2 is 2.54 bits per heavy atom. The molecule has 1 nitrogen and oxygen atoms in total. The summed E-state index contributed by atoms with van der Waals surface area (Å²) >= 11 is 3.21. The van der Waals surface area contributed by atoms with Gasteiger partial charge >= 0.3 is 0 Å². The summed E-state index contributed by atoms with van der Waals surface area (Å²) in [5, 5.41) is 11.0. The first-order valence-electron chi connectivity index (χ1n) is 4.23. The Kier molecular flexibility index (Phi) is 4.86. The summed E-state index contributed by atoms with van der Waals surface area (Å²) in [5.74, 6) is 0.521. The fraction of sp³-hybridized carbons (Fsp3) is 0.300. The zero-order chi connectivity index (χ0) is 9.52. The van der Waals surface area contributed by atoms with Gasteiger partial charge in [-0.3, -0.25) is 0 Å². The van der Waals surface area contributed by atoms with E-state index in [1.165, 1.54) is 22.2 Å².